The number of hydrogen-bond donors (Lipinski definition) is 1. The fourth-order valence-corrected chi connectivity index (χ4v) is 2.43. The topological polar surface area (TPSA) is 56.1 Å². The first-order chi connectivity index (χ1) is 9.11. The van der Waals surface area contributed by atoms with E-state index in [1.165, 1.54) is 0 Å². The van der Waals surface area contributed by atoms with E-state index in [0.717, 1.165) is 12.8 Å². The number of likely N-dealkylation sites (tertiary alicyclic amines) is 1. The van der Waals surface area contributed by atoms with Gasteiger partial charge in [-0.1, -0.05) is 23.2 Å². The molecule has 0 bridgehead atoms. The minimum atomic E-state index is -0.369. The lowest BCUT2D eigenvalue weighted by molar-refractivity contribution is 0.182. The van der Waals surface area contributed by atoms with Crippen LogP contribution < -0.4 is 5.32 Å². The number of carbonyl (C=O) groups is 1. The van der Waals surface area contributed by atoms with Crippen LogP contribution in [0.2, 0.25) is 10.0 Å². The van der Waals surface area contributed by atoms with E-state index >= 15 is 0 Å². The van der Waals surface area contributed by atoms with Crippen molar-refractivity contribution in [3.05, 3.63) is 28.2 Å². The monoisotopic (exact) mass is 297 g/mol. The van der Waals surface area contributed by atoms with Crippen molar-refractivity contribution in [2.24, 2.45) is 0 Å². The summed E-state index contributed by atoms with van der Waals surface area (Å²) in [6.07, 6.45) is 2.60. The molecule has 1 aliphatic heterocycles. The fraction of sp³-hybridized carbons (Fsp3) is 0.385. The number of benzene rings is 1. The second kappa shape index (κ2) is 6.14. The number of rotatable bonds is 1. The van der Waals surface area contributed by atoms with Gasteiger partial charge in [0.05, 0.1) is 16.8 Å². The van der Waals surface area contributed by atoms with Crippen molar-refractivity contribution in [3.63, 3.8) is 0 Å². The molecule has 100 valence electrons. The number of halogens is 2. The van der Waals surface area contributed by atoms with Gasteiger partial charge in [0.25, 0.3) is 0 Å². The number of nitrogens with zero attached hydrogens (tertiary/aromatic N) is 2. The Morgan fingerprint density at radius 3 is 2.95 bits per heavy atom. The van der Waals surface area contributed by atoms with E-state index in [1.54, 1.807) is 23.1 Å². The Balaban J connectivity index is 2.12. The molecule has 0 aliphatic carbocycles. The third kappa shape index (κ3) is 3.31. The van der Waals surface area contributed by atoms with Crippen LogP contribution in [0.15, 0.2) is 18.2 Å². The molecule has 1 fully saturated rings. The average Bonchev–Trinajstić information content (AvgIpc) is 2.42. The maximum Gasteiger partial charge on any atom is 0.322 e. The zero-order valence-corrected chi connectivity index (χ0v) is 11.7. The van der Waals surface area contributed by atoms with Gasteiger partial charge in [-0.05, 0) is 37.5 Å². The molecule has 4 nitrogen and oxygen atoms in total. The van der Waals surface area contributed by atoms with Gasteiger partial charge in [0, 0.05) is 11.6 Å². The molecule has 6 heteroatoms. The highest BCUT2D eigenvalue weighted by molar-refractivity contribution is 6.35. The maximum absolute atomic E-state index is 12.2. The standard InChI is InChI=1S/C13H13Cl2N3O/c14-9-4-5-11(15)12(7-9)17-13(19)18-6-2-1-3-10(18)8-16/h4-5,7,10H,1-3,6H2,(H,17,19). The molecule has 2 amide bonds. The molecule has 1 unspecified atom stereocenters. The summed E-state index contributed by atoms with van der Waals surface area (Å²) in [7, 11) is 0. The predicted octanol–water partition coefficient (Wildman–Crippen LogP) is 3.90. The van der Waals surface area contributed by atoms with Crippen molar-refractivity contribution in [1.29, 1.82) is 5.26 Å². The number of carbonyl (C=O) groups excluding carboxylic acids is 1. The first kappa shape index (κ1) is 14.0. The number of nitrogens with one attached hydrogen (secondary N) is 1. The van der Waals surface area contributed by atoms with Gasteiger partial charge >= 0.3 is 6.03 Å². The molecule has 0 saturated carbocycles. The Labute approximate surface area is 121 Å². The first-order valence-corrected chi connectivity index (χ1v) is 6.79. The molecule has 0 aromatic heterocycles. The van der Waals surface area contributed by atoms with Crippen LogP contribution in [0.5, 0.6) is 0 Å². The van der Waals surface area contributed by atoms with E-state index in [0.29, 0.717) is 28.7 Å². The van der Waals surface area contributed by atoms with Gasteiger partial charge in [-0.3, -0.25) is 0 Å². The van der Waals surface area contributed by atoms with Crippen LogP contribution >= 0.6 is 23.2 Å². The molecule has 1 heterocycles. The van der Waals surface area contributed by atoms with E-state index < -0.39 is 0 Å². The van der Waals surface area contributed by atoms with Crippen LogP contribution in [-0.4, -0.2) is 23.5 Å². The lowest BCUT2D eigenvalue weighted by atomic mass is 10.0. The molecule has 1 aliphatic rings. The van der Waals surface area contributed by atoms with Crippen LogP contribution in [0.1, 0.15) is 19.3 Å². The molecule has 0 spiro atoms. The number of urea groups is 1. The number of amides is 2. The summed E-state index contributed by atoms with van der Waals surface area (Å²) < 4.78 is 0. The fourth-order valence-electron chi connectivity index (χ4n) is 2.09. The molecule has 1 saturated heterocycles. The zero-order chi connectivity index (χ0) is 13.8. The van der Waals surface area contributed by atoms with Crippen molar-refractivity contribution >= 4 is 34.9 Å². The van der Waals surface area contributed by atoms with Crippen molar-refractivity contribution in [3.8, 4) is 6.07 Å². The molecular formula is C13H13Cl2N3O. The molecule has 2 rings (SSSR count). The van der Waals surface area contributed by atoms with Crippen LogP contribution in [0.3, 0.4) is 0 Å². The second-order valence-electron chi connectivity index (χ2n) is 4.39. The van der Waals surface area contributed by atoms with Crippen LogP contribution in [-0.2, 0) is 0 Å². The molecule has 19 heavy (non-hydrogen) atoms. The molecule has 1 N–H and O–H groups in total. The number of piperidine rings is 1. The first-order valence-electron chi connectivity index (χ1n) is 6.04. The average molecular weight is 298 g/mol. The Kier molecular flexibility index (Phi) is 4.52. The smallest absolute Gasteiger partial charge is 0.309 e. The van der Waals surface area contributed by atoms with Crippen molar-refractivity contribution in [2.45, 2.75) is 25.3 Å². The van der Waals surface area contributed by atoms with E-state index in [9.17, 15) is 4.79 Å². The van der Waals surface area contributed by atoms with Crippen molar-refractivity contribution < 1.29 is 4.79 Å². The molecule has 1 aromatic carbocycles. The lowest BCUT2D eigenvalue weighted by Crippen LogP contribution is -2.45. The summed E-state index contributed by atoms with van der Waals surface area (Å²) in [6, 6.07) is 6.34. The zero-order valence-electron chi connectivity index (χ0n) is 10.2. The lowest BCUT2D eigenvalue weighted by Gasteiger charge is -2.31. The van der Waals surface area contributed by atoms with Gasteiger partial charge in [0.15, 0.2) is 0 Å². The highest BCUT2D eigenvalue weighted by Gasteiger charge is 2.26. The Morgan fingerprint density at radius 1 is 1.42 bits per heavy atom. The summed E-state index contributed by atoms with van der Waals surface area (Å²) in [5, 5.41) is 12.7. The van der Waals surface area contributed by atoms with Gasteiger partial charge in [-0.15, -0.1) is 0 Å². The van der Waals surface area contributed by atoms with E-state index in [-0.39, 0.29) is 12.1 Å². The summed E-state index contributed by atoms with van der Waals surface area (Å²) in [5.41, 5.74) is 0.460. The van der Waals surface area contributed by atoms with Gasteiger partial charge in [0.1, 0.15) is 6.04 Å². The highest BCUT2D eigenvalue weighted by Crippen LogP contribution is 2.26. The SMILES string of the molecule is N#CC1CCCCN1C(=O)Nc1cc(Cl)ccc1Cl. The number of anilines is 1. The predicted molar refractivity (Wildman–Crippen MR) is 75.4 cm³/mol. The maximum atomic E-state index is 12.2. The number of nitriles is 1. The summed E-state index contributed by atoms with van der Waals surface area (Å²) >= 11 is 11.9. The second-order valence-corrected chi connectivity index (χ2v) is 5.23. The van der Waals surface area contributed by atoms with Crippen LogP contribution in [0.25, 0.3) is 0 Å². The third-order valence-electron chi connectivity index (χ3n) is 3.08. The summed E-state index contributed by atoms with van der Waals surface area (Å²) in [4.78, 5) is 13.7. The Morgan fingerprint density at radius 2 is 2.21 bits per heavy atom. The van der Waals surface area contributed by atoms with E-state index in [1.807, 2.05) is 0 Å². The molecule has 0 radical (unpaired) electrons. The third-order valence-corrected chi connectivity index (χ3v) is 3.65. The van der Waals surface area contributed by atoms with E-state index in [4.69, 9.17) is 28.5 Å². The van der Waals surface area contributed by atoms with Crippen molar-refractivity contribution in [2.75, 3.05) is 11.9 Å². The molecular weight excluding hydrogens is 285 g/mol. The van der Waals surface area contributed by atoms with Gasteiger partial charge in [0.2, 0.25) is 0 Å². The quantitative estimate of drug-likeness (QED) is 0.854. The Hall–Kier alpha value is -1.44. The van der Waals surface area contributed by atoms with Gasteiger partial charge < -0.3 is 10.2 Å². The van der Waals surface area contributed by atoms with Crippen LogP contribution in [0, 0.1) is 11.3 Å². The normalized spacial score (nSPS) is 18.8. The summed E-state index contributed by atoms with van der Waals surface area (Å²) in [6.45, 7) is 0.586. The summed E-state index contributed by atoms with van der Waals surface area (Å²) in [5.74, 6) is 0. The largest absolute Gasteiger partial charge is 0.322 e. The van der Waals surface area contributed by atoms with Gasteiger partial charge in [-0.25, -0.2) is 4.79 Å². The molecule has 1 atom stereocenters. The minimum absolute atomic E-state index is 0.310. The van der Waals surface area contributed by atoms with E-state index in [2.05, 4.69) is 11.4 Å². The Bertz CT molecular complexity index is 527. The number of hydrogen-bond acceptors (Lipinski definition) is 2. The van der Waals surface area contributed by atoms with Crippen molar-refractivity contribution in [1.82, 2.24) is 4.90 Å². The van der Waals surface area contributed by atoms with Crippen LogP contribution in [0.4, 0.5) is 10.5 Å². The highest BCUT2D eigenvalue weighted by atomic mass is 35.5. The minimum Gasteiger partial charge on any atom is -0.309 e. The molecule has 1 aromatic rings. The van der Waals surface area contributed by atoms with Gasteiger partial charge in [-0.2, -0.15) is 5.26 Å².